The Balaban J connectivity index is 1.45. The van der Waals surface area contributed by atoms with E-state index in [4.69, 9.17) is 8.83 Å². The SMILES string of the molecule is C=C/C=C\C(=C/F)c1c(-n2c3ccccc3c3ccc4oc5ccccc5c4c32)c(-c2cccc(F)c2)c(C(F)(F)F)c(-n2c3ccccc3c3ccc4oc5ccccc5c4c32)c1C(F)(F)F. The molecule has 0 aliphatic heterocycles. The fraction of sp³-hybridized carbons (Fsp3) is 0.0357. The van der Waals surface area contributed by atoms with Gasteiger partial charge >= 0.3 is 12.4 Å². The summed E-state index contributed by atoms with van der Waals surface area (Å²) in [6, 6.07) is 37.3. The van der Waals surface area contributed by atoms with Gasteiger partial charge in [0.25, 0.3) is 0 Å². The molecule has 0 fully saturated rings. The van der Waals surface area contributed by atoms with Gasteiger partial charge in [0, 0.05) is 49.0 Å². The second kappa shape index (κ2) is 14.8. The quantitative estimate of drug-likeness (QED) is 0.123. The summed E-state index contributed by atoms with van der Waals surface area (Å²) in [6.45, 7) is 3.66. The molecule has 12 rings (SSSR count). The summed E-state index contributed by atoms with van der Waals surface area (Å²) in [4.78, 5) is 0. The molecule has 4 aromatic heterocycles. The van der Waals surface area contributed by atoms with Crippen molar-refractivity contribution in [1.29, 1.82) is 0 Å². The average Bonchev–Trinajstić information content (AvgIpc) is 4.08. The first-order valence-corrected chi connectivity index (χ1v) is 21.3. The van der Waals surface area contributed by atoms with Gasteiger partial charge in [-0.15, -0.1) is 0 Å². The maximum absolute atomic E-state index is 17.2. The van der Waals surface area contributed by atoms with E-state index < -0.39 is 62.9 Å². The van der Waals surface area contributed by atoms with Crippen LogP contribution in [-0.2, 0) is 12.4 Å². The second-order valence-corrected chi connectivity index (χ2v) is 16.4. The Morgan fingerprint density at radius 2 is 1.01 bits per heavy atom. The van der Waals surface area contributed by atoms with E-state index in [9.17, 15) is 0 Å². The van der Waals surface area contributed by atoms with Crippen molar-refractivity contribution in [2.75, 3.05) is 0 Å². The van der Waals surface area contributed by atoms with Crippen molar-refractivity contribution in [2.24, 2.45) is 0 Å². The van der Waals surface area contributed by atoms with Crippen molar-refractivity contribution in [2.45, 2.75) is 12.4 Å². The lowest BCUT2D eigenvalue weighted by atomic mass is 9.84. The molecule has 4 nitrogen and oxygen atoms in total. The van der Waals surface area contributed by atoms with Crippen LogP contribution in [0.3, 0.4) is 0 Å². The number of hydrogen-bond acceptors (Lipinski definition) is 2. The first-order valence-electron chi connectivity index (χ1n) is 21.3. The van der Waals surface area contributed by atoms with E-state index >= 15 is 35.1 Å². The molecule has 0 aliphatic carbocycles. The Kier molecular flexibility index (Phi) is 8.95. The summed E-state index contributed by atoms with van der Waals surface area (Å²) in [5, 5.41) is 3.14. The Bertz CT molecular complexity index is 4170. The zero-order valence-electron chi connectivity index (χ0n) is 35.1. The lowest BCUT2D eigenvalue weighted by molar-refractivity contribution is -0.142. The van der Waals surface area contributed by atoms with Crippen molar-refractivity contribution in [3.63, 3.8) is 0 Å². The van der Waals surface area contributed by atoms with Crippen molar-refractivity contribution in [3.8, 4) is 22.5 Å². The smallest absolute Gasteiger partial charge is 0.419 e. The largest absolute Gasteiger partial charge is 0.456 e. The van der Waals surface area contributed by atoms with Crippen molar-refractivity contribution in [1.82, 2.24) is 9.13 Å². The lowest BCUT2D eigenvalue weighted by Gasteiger charge is -2.31. The number of allylic oxidation sites excluding steroid dienone is 4. The van der Waals surface area contributed by atoms with Crippen LogP contribution in [0.5, 0.6) is 0 Å². The van der Waals surface area contributed by atoms with Gasteiger partial charge in [-0.05, 0) is 66.2 Å². The standard InChI is InChI=1S/C56H30F8N2O2/c1-2-3-13-31(29-57)46-50(56(62,63)64)54(66-40-21-9-5-17-34(40)36-25-27-44-48(52(36)66)38-19-7-11-23-42(38)68-44)49(55(59,60)61)45(30-14-12-15-32(58)28-30)53(46)65-39-20-8-4-16-33(39)35-24-26-43-47(51(35)65)37-18-6-10-22-41(37)67-43/h2-29H,1H2/b13-3-,31-29+. The number of fused-ring (bicyclic) bond motifs is 14. The highest BCUT2D eigenvalue weighted by Crippen LogP contribution is 2.56. The monoisotopic (exact) mass is 914 g/mol. The van der Waals surface area contributed by atoms with Gasteiger partial charge in [-0.2, -0.15) is 26.3 Å². The molecular formula is C56H30F8N2O2. The van der Waals surface area contributed by atoms with Crippen molar-refractivity contribution < 1.29 is 44.0 Å². The van der Waals surface area contributed by atoms with Gasteiger partial charge in [0.15, 0.2) is 0 Å². The molecule has 0 radical (unpaired) electrons. The first kappa shape index (κ1) is 41.1. The summed E-state index contributed by atoms with van der Waals surface area (Å²) >= 11 is 0. The highest BCUT2D eigenvalue weighted by atomic mass is 19.4. The Morgan fingerprint density at radius 1 is 0.515 bits per heavy atom. The molecule has 12 heteroatoms. The Morgan fingerprint density at radius 3 is 1.51 bits per heavy atom. The molecule has 0 saturated heterocycles. The van der Waals surface area contributed by atoms with Gasteiger partial charge < -0.3 is 18.0 Å². The fourth-order valence-electron chi connectivity index (χ4n) is 10.3. The number of alkyl halides is 6. The van der Waals surface area contributed by atoms with Crippen LogP contribution in [0.25, 0.3) is 116 Å². The van der Waals surface area contributed by atoms with Gasteiger partial charge in [-0.25, -0.2) is 8.78 Å². The van der Waals surface area contributed by atoms with E-state index in [1.807, 2.05) is 0 Å². The summed E-state index contributed by atoms with van der Waals surface area (Å²) in [6.07, 6.45) is -7.91. The highest BCUT2D eigenvalue weighted by Gasteiger charge is 2.49. The minimum Gasteiger partial charge on any atom is -0.456 e. The van der Waals surface area contributed by atoms with E-state index in [-0.39, 0.29) is 44.9 Å². The number of nitrogens with zero attached hydrogens (tertiary/aromatic N) is 2. The molecule has 68 heavy (non-hydrogen) atoms. The molecular weight excluding hydrogens is 885 g/mol. The minimum absolute atomic E-state index is 0.0176. The normalized spacial score (nSPS) is 13.1. The third kappa shape index (κ3) is 5.86. The third-order valence-electron chi connectivity index (χ3n) is 12.7. The Hall–Kier alpha value is -8.38. The number of hydrogen-bond donors (Lipinski definition) is 0. The van der Waals surface area contributed by atoms with Gasteiger partial charge in [0.1, 0.15) is 28.1 Å². The summed E-state index contributed by atoms with van der Waals surface area (Å²) < 4.78 is 150. The molecule has 0 amide bonds. The number of furan rings is 2. The summed E-state index contributed by atoms with van der Waals surface area (Å²) in [7, 11) is 0. The molecule has 332 valence electrons. The summed E-state index contributed by atoms with van der Waals surface area (Å²) in [5.41, 5.74) is -7.02. The van der Waals surface area contributed by atoms with Crippen LogP contribution >= 0.6 is 0 Å². The molecule has 0 N–H and O–H groups in total. The lowest BCUT2D eigenvalue weighted by Crippen LogP contribution is -2.24. The highest BCUT2D eigenvalue weighted by molar-refractivity contribution is 6.26. The fourth-order valence-corrected chi connectivity index (χ4v) is 10.3. The van der Waals surface area contributed by atoms with E-state index in [0.29, 0.717) is 48.9 Å². The maximum atomic E-state index is 17.2. The number of para-hydroxylation sites is 4. The van der Waals surface area contributed by atoms with Crippen molar-refractivity contribution >= 4 is 93.1 Å². The van der Waals surface area contributed by atoms with Crippen molar-refractivity contribution in [3.05, 3.63) is 199 Å². The van der Waals surface area contributed by atoms with Gasteiger partial charge in [-0.1, -0.05) is 110 Å². The maximum Gasteiger partial charge on any atom is 0.419 e. The van der Waals surface area contributed by atoms with Crippen LogP contribution in [0.4, 0.5) is 35.1 Å². The van der Waals surface area contributed by atoms with Crippen LogP contribution in [0.2, 0.25) is 0 Å². The first-order chi connectivity index (χ1) is 32.9. The summed E-state index contributed by atoms with van der Waals surface area (Å²) in [5.74, 6) is -0.966. The average molecular weight is 915 g/mol. The van der Waals surface area contributed by atoms with Gasteiger partial charge in [-0.3, -0.25) is 0 Å². The molecule has 0 spiro atoms. The number of halogens is 8. The second-order valence-electron chi connectivity index (χ2n) is 16.4. The molecule has 4 heterocycles. The predicted molar refractivity (Wildman–Crippen MR) is 253 cm³/mol. The number of rotatable bonds is 6. The van der Waals surface area contributed by atoms with Gasteiger partial charge in [0.05, 0.1) is 61.7 Å². The molecule has 0 bridgehead atoms. The van der Waals surface area contributed by atoms with Gasteiger partial charge in [0.2, 0.25) is 0 Å². The van der Waals surface area contributed by atoms with E-state index in [0.717, 1.165) is 22.8 Å². The van der Waals surface area contributed by atoms with Crippen LogP contribution in [0, 0.1) is 5.82 Å². The van der Waals surface area contributed by atoms with E-state index in [1.54, 1.807) is 109 Å². The molecule has 0 unspecified atom stereocenters. The topological polar surface area (TPSA) is 36.1 Å². The molecule has 8 aromatic carbocycles. The Labute approximate surface area is 379 Å². The molecule has 12 aromatic rings. The molecule has 0 saturated carbocycles. The van der Waals surface area contributed by atoms with Crippen LogP contribution < -0.4 is 0 Å². The predicted octanol–water partition coefficient (Wildman–Crippen LogP) is 17.6. The zero-order valence-corrected chi connectivity index (χ0v) is 35.1. The van der Waals surface area contributed by atoms with Crippen LogP contribution in [-0.4, -0.2) is 9.13 Å². The number of benzene rings is 8. The number of aromatic nitrogens is 2. The van der Waals surface area contributed by atoms with E-state index in [2.05, 4.69) is 6.58 Å². The molecule has 0 atom stereocenters. The van der Waals surface area contributed by atoms with Crippen LogP contribution in [0.15, 0.2) is 186 Å². The zero-order chi connectivity index (χ0) is 46.8. The minimum atomic E-state index is -5.66. The van der Waals surface area contributed by atoms with Crippen LogP contribution in [0.1, 0.15) is 16.7 Å². The van der Waals surface area contributed by atoms with E-state index in [1.165, 1.54) is 41.0 Å². The third-order valence-corrected chi connectivity index (χ3v) is 12.7. The molecule has 0 aliphatic rings.